The molecule has 0 fully saturated rings. The second-order valence-electron chi connectivity index (χ2n) is 5.98. The second kappa shape index (κ2) is 7.79. The van der Waals surface area contributed by atoms with Gasteiger partial charge in [-0.3, -0.25) is 9.59 Å². The molecule has 1 heterocycles. The van der Waals surface area contributed by atoms with E-state index in [-0.39, 0.29) is 10.5 Å². The summed E-state index contributed by atoms with van der Waals surface area (Å²) in [4.78, 5) is 24.4. The summed E-state index contributed by atoms with van der Waals surface area (Å²) < 4.78 is 26.1. The number of pyridine rings is 1. The number of carbonyl (C=O) groups is 1. The molecule has 3 rings (SSSR count). The van der Waals surface area contributed by atoms with E-state index in [4.69, 9.17) is 28.9 Å². The Morgan fingerprint density at radius 3 is 2.50 bits per heavy atom. The Morgan fingerprint density at radius 2 is 1.79 bits per heavy atom. The van der Waals surface area contributed by atoms with Crippen molar-refractivity contribution in [1.29, 1.82) is 0 Å². The van der Waals surface area contributed by atoms with Crippen molar-refractivity contribution in [1.82, 2.24) is 3.97 Å². The molecule has 0 radical (unpaired) electrons. The number of allylic oxidation sites excluding steroid dienone is 1. The largest absolute Gasteiger partial charge is 0.398 e. The van der Waals surface area contributed by atoms with Gasteiger partial charge in [0.25, 0.3) is 5.56 Å². The molecule has 3 aromatic rings. The lowest BCUT2D eigenvalue weighted by Gasteiger charge is -2.10. The van der Waals surface area contributed by atoms with Gasteiger partial charge in [-0.1, -0.05) is 41.4 Å². The first-order valence-electron chi connectivity index (χ1n) is 7.98. The summed E-state index contributed by atoms with van der Waals surface area (Å²) in [5.41, 5.74) is 5.96. The van der Waals surface area contributed by atoms with Crippen molar-refractivity contribution in [3.05, 3.63) is 80.6 Å². The average molecular weight is 437 g/mol. The van der Waals surface area contributed by atoms with Gasteiger partial charge in [0.05, 0.1) is 16.2 Å². The van der Waals surface area contributed by atoms with Crippen LogP contribution in [0.4, 0.5) is 5.69 Å². The SMILES string of the molecule is Nc1cc(/C=C/C(=O)CS(=O)(=O)n2c(=O)ccc3ccc(Cl)cc32)ccc1Cl. The number of nitrogens with zero attached hydrogens (tertiary/aromatic N) is 1. The molecule has 0 atom stereocenters. The Hall–Kier alpha value is -2.61. The maximum absolute atomic E-state index is 12.7. The number of aromatic nitrogens is 1. The van der Waals surface area contributed by atoms with Gasteiger partial charge >= 0.3 is 0 Å². The number of hydrogen-bond acceptors (Lipinski definition) is 5. The maximum Gasteiger partial charge on any atom is 0.264 e. The number of fused-ring (bicyclic) bond motifs is 1. The summed E-state index contributed by atoms with van der Waals surface area (Å²) in [6.45, 7) is 0. The first-order valence-corrected chi connectivity index (χ1v) is 10.3. The van der Waals surface area contributed by atoms with E-state index in [2.05, 4.69) is 0 Å². The predicted octanol–water partition coefficient (Wildman–Crippen LogP) is 3.35. The van der Waals surface area contributed by atoms with Crippen molar-refractivity contribution in [2.75, 3.05) is 11.5 Å². The van der Waals surface area contributed by atoms with Crippen LogP contribution in [0.5, 0.6) is 0 Å². The maximum atomic E-state index is 12.7. The third-order valence-corrected chi connectivity index (χ3v) is 6.06. The minimum Gasteiger partial charge on any atom is -0.398 e. The number of ketones is 1. The lowest BCUT2D eigenvalue weighted by Crippen LogP contribution is -2.31. The Morgan fingerprint density at radius 1 is 1.07 bits per heavy atom. The molecular formula is C19H14Cl2N2O4S. The fourth-order valence-corrected chi connectivity index (χ4v) is 4.28. The van der Waals surface area contributed by atoms with Crippen LogP contribution in [0.2, 0.25) is 10.0 Å². The van der Waals surface area contributed by atoms with Crippen molar-refractivity contribution in [2.45, 2.75) is 0 Å². The van der Waals surface area contributed by atoms with E-state index < -0.39 is 27.1 Å². The Kier molecular flexibility index (Phi) is 5.60. The van der Waals surface area contributed by atoms with Crippen molar-refractivity contribution in [3.63, 3.8) is 0 Å². The Bertz CT molecular complexity index is 1280. The van der Waals surface area contributed by atoms with Crippen LogP contribution in [0, 0.1) is 0 Å². The van der Waals surface area contributed by atoms with Gasteiger partial charge < -0.3 is 5.73 Å². The molecule has 144 valence electrons. The molecule has 0 saturated heterocycles. The quantitative estimate of drug-likeness (QED) is 0.488. The van der Waals surface area contributed by atoms with Crippen LogP contribution in [-0.2, 0) is 14.8 Å². The van der Waals surface area contributed by atoms with Crippen molar-refractivity contribution >= 4 is 61.7 Å². The molecule has 2 N–H and O–H groups in total. The molecule has 6 nitrogen and oxygen atoms in total. The third-order valence-electron chi connectivity index (χ3n) is 3.90. The second-order valence-corrected chi connectivity index (χ2v) is 8.64. The molecule has 0 bridgehead atoms. The zero-order valence-electron chi connectivity index (χ0n) is 14.3. The molecule has 0 aliphatic carbocycles. The molecule has 9 heteroatoms. The van der Waals surface area contributed by atoms with Gasteiger partial charge in [0.1, 0.15) is 5.75 Å². The van der Waals surface area contributed by atoms with Crippen LogP contribution in [0.3, 0.4) is 0 Å². The van der Waals surface area contributed by atoms with Crippen LogP contribution < -0.4 is 11.3 Å². The van der Waals surface area contributed by atoms with E-state index >= 15 is 0 Å². The molecule has 0 unspecified atom stereocenters. The molecule has 2 aromatic carbocycles. The van der Waals surface area contributed by atoms with Crippen LogP contribution in [-0.4, -0.2) is 23.9 Å². The smallest absolute Gasteiger partial charge is 0.264 e. The number of carbonyl (C=O) groups excluding carboxylic acids is 1. The van der Waals surface area contributed by atoms with Gasteiger partial charge in [-0.2, -0.15) is 0 Å². The summed E-state index contributed by atoms with van der Waals surface area (Å²) in [6.07, 6.45) is 2.54. The number of benzene rings is 2. The fourth-order valence-electron chi connectivity index (χ4n) is 2.62. The lowest BCUT2D eigenvalue weighted by molar-refractivity contribution is -0.112. The van der Waals surface area contributed by atoms with Crippen LogP contribution in [0.25, 0.3) is 17.0 Å². The predicted molar refractivity (Wildman–Crippen MR) is 112 cm³/mol. The first-order chi connectivity index (χ1) is 13.2. The van der Waals surface area contributed by atoms with E-state index in [0.29, 0.717) is 25.6 Å². The topological polar surface area (TPSA) is 99.2 Å². The molecule has 1 aromatic heterocycles. The van der Waals surface area contributed by atoms with Crippen molar-refractivity contribution in [3.8, 4) is 0 Å². The van der Waals surface area contributed by atoms with Gasteiger partial charge in [0, 0.05) is 11.1 Å². The summed E-state index contributed by atoms with van der Waals surface area (Å²) in [5.74, 6) is -1.57. The number of nitrogens with two attached hydrogens (primary N) is 1. The zero-order valence-corrected chi connectivity index (χ0v) is 16.6. The first kappa shape index (κ1) is 20.1. The number of hydrogen-bond donors (Lipinski definition) is 1. The highest BCUT2D eigenvalue weighted by Crippen LogP contribution is 2.21. The number of rotatable bonds is 5. The monoisotopic (exact) mass is 436 g/mol. The van der Waals surface area contributed by atoms with E-state index in [9.17, 15) is 18.0 Å². The van der Waals surface area contributed by atoms with Crippen LogP contribution >= 0.6 is 23.2 Å². The summed E-state index contributed by atoms with van der Waals surface area (Å²) in [5, 5.41) is 1.15. The number of halogens is 2. The summed E-state index contributed by atoms with van der Waals surface area (Å²) >= 11 is 11.8. The summed E-state index contributed by atoms with van der Waals surface area (Å²) in [7, 11) is -4.25. The van der Waals surface area contributed by atoms with E-state index in [0.717, 1.165) is 12.1 Å². The zero-order chi connectivity index (χ0) is 20.5. The van der Waals surface area contributed by atoms with Crippen LogP contribution in [0.1, 0.15) is 5.56 Å². The average Bonchev–Trinajstić information content (AvgIpc) is 2.61. The lowest BCUT2D eigenvalue weighted by atomic mass is 10.2. The fraction of sp³-hybridized carbons (Fsp3) is 0.0526. The van der Waals surface area contributed by atoms with E-state index in [1.54, 1.807) is 30.3 Å². The minimum atomic E-state index is -4.25. The normalized spacial score (nSPS) is 11.9. The summed E-state index contributed by atoms with van der Waals surface area (Å²) in [6, 6.07) is 11.9. The molecule has 0 amide bonds. The molecular weight excluding hydrogens is 423 g/mol. The highest BCUT2D eigenvalue weighted by molar-refractivity contribution is 7.90. The van der Waals surface area contributed by atoms with Gasteiger partial charge in [-0.25, -0.2) is 12.4 Å². The van der Waals surface area contributed by atoms with E-state index in [1.807, 2.05) is 0 Å². The molecule has 0 aliphatic heterocycles. The van der Waals surface area contributed by atoms with E-state index in [1.165, 1.54) is 18.2 Å². The number of anilines is 1. The third kappa shape index (κ3) is 4.27. The molecule has 0 spiro atoms. The molecule has 0 saturated carbocycles. The number of nitrogen functional groups attached to an aromatic ring is 1. The van der Waals surface area contributed by atoms with Crippen LogP contribution in [0.15, 0.2) is 59.4 Å². The van der Waals surface area contributed by atoms with Gasteiger partial charge in [0.15, 0.2) is 5.78 Å². The van der Waals surface area contributed by atoms with Gasteiger partial charge in [-0.05, 0) is 47.4 Å². The molecule has 28 heavy (non-hydrogen) atoms. The van der Waals surface area contributed by atoms with Gasteiger partial charge in [-0.15, -0.1) is 0 Å². The van der Waals surface area contributed by atoms with Crippen molar-refractivity contribution in [2.24, 2.45) is 0 Å². The standard InChI is InChI=1S/C19H14Cl2N2O4S/c20-14-5-3-13-4-8-19(25)23(18(13)10-14)28(26,27)11-15(24)6-1-12-2-7-16(21)17(22)9-12/h1-10H,11,22H2/b6-1+. The molecule has 0 aliphatic rings. The van der Waals surface area contributed by atoms with Crippen molar-refractivity contribution < 1.29 is 13.2 Å². The van der Waals surface area contributed by atoms with Gasteiger partial charge in [0.2, 0.25) is 10.0 Å². The highest BCUT2D eigenvalue weighted by Gasteiger charge is 2.21. The minimum absolute atomic E-state index is 0.113. The Balaban J connectivity index is 1.93. The highest BCUT2D eigenvalue weighted by atomic mass is 35.5. The Labute approximate surface area is 170 Å².